The fourth-order valence-electron chi connectivity index (χ4n) is 2.06. The van der Waals surface area contributed by atoms with Gasteiger partial charge in [-0.05, 0) is 24.5 Å². The lowest BCUT2D eigenvalue weighted by molar-refractivity contribution is -0.128. The fourth-order valence-corrected chi connectivity index (χ4v) is 2.53. The highest BCUT2D eigenvalue weighted by atomic mass is 32.2. The number of hydrogen-bond acceptors (Lipinski definition) is 5. The smallest absolute Gasteiger partial charge is 0.242 e. The number of aromatic nitrogens is 3. The van der Waals surface area contributed by atoms with Crippen molar-refractivity contribution >= 4 is 29.2 Å². The Hall–Kier alpha value is -2.09. The van der Waals surface area contributed by atoms with Crippen molar-refractivity contribution in [3.63, 3.8) is 0 Å². The Kier molecular flexibility index (Phi) is 5.76. The van der Waals surface area contributed by atoms with Crippen LogP contribution in [0.1, 0.15) is 18.9 Å². The first-order valence-electron chi connectivity index (χ1n) is 6.93. The maximum absolute atomic E-state index is 12.2. The maximum Gasteiger partial charge on any atom is 0.242 e. The van der Waals surface area contributed by atoms with Crippen molar-refractivity contribution in [3.05, 3.63) is 30.2 Å². The molecule has 0 spiro atoms. The van der Waals surface area contributed by atoms with Gasteiger partial charge in [-0.25, -0.2) is 9.50 Å². The number of carbonyl (C=O) groups excluding carboxylic acids is 2. The van der Waals surface area contributed by atoms with Crippen LogP contribution < -0.4 is 10.6 Å². The molecule has 0 saturated heterocycles. The molecule has 2 N–H and O–H groups in total. The van der Waals surface area contributed by atoms with Gasteiger partial charge in [-0.15, -0.1) is 0 Å². The minimum atomic E-state index is -0.514. The molecular weight excluding hydrogens is 302 g/mol. The second kappa shape index (κ2) is 7.79. The largest absolute Gasteiger partial charge is 0.350 e. The molecule has 2 rings (SSSR count). The SMILES string of the molecule is CSCC[C@H](NC(C)=O)C(=O)NCc1cnn2cccnc12. The first-order valence-corrected chi connectivity index (χ1v) is 8.32. The number of nitrogens with zero attached hydrogens (tertiary/aromatic N) is 3. The molecule has 7 nitrogen and oxygen atoms in total. The Bertz CT molecular complexity index is 657. The van der Waals surface area contributed by atoms with Crippen molar-refractivity contribution in [3.8, 4) is 0 Å². The van der Waals surface area contributed by atoms with Crippen molar-refractivity contribution in [2.75, 3.05) is 12.0 Å². The Morgan fingerprint density at radius 3 is 3.00 bits per heavy atom. The van der Waals surface area contributed by atoms with Gasteiger partial charge in [0.25, 0.3) is 0 Å². The van der Waals surface area contributed by atoms with Crippen LogP contribution in [0.25, 0.3) is 5.65 Å². The van der Waals surface area contributed by atoms with Gasteiger partial charge in [0.05, 0.1) is 6.20 Å². The monoisotopic (exact) mass is 321 g/mol. The van der Waals surface area contributed by atoms with Gasteiger partial charge in [-0.1, -0.05) is 0 Å². The van der Waals surface area contributed by atoms with Crippen molar-refractivity contribution in [1.29, 1.82) is 0 Å². The van der Waals surface area contributed by atoms with Crippen LogP contribution in [0, 0.1) is 0 Å². The van der Waals surface area contributed by atoms with E-state index in [1.165, 1.54) is 6.92 Å². The summed E-state index contributed by atoms with van der Waals surface area (Å²) in [7, 11) is 0. The third-order valence-electron chi connectivity index (χ3n) is 3.11. The number of hydrogen-bond donors (Lipinski definition) is 2. The summed E-state index contributed by atoms with van der Waals surface area (Å²) in [5, 5.41) is 9.69. The molecule has 2 aromatic rings. The van der Waals surface area contributed by atoms with Crippen LogP contribution >= 0.6 is 11.8 Å². The fraction of sp³-hybridized carbons (Fsp3) is 0.429. The van der Waals surface area contributed by atoms with Crippen LogP contribution in [-0.2, 0) is 16.1 Å². The van der Waals surface area contributed by atoms with Crippen molar-refractivity contribution in [2.45, 2.75) is 25.9 Å². The third kappa shape index (κ3) is 4.20. The lowest BCUT2D eigenvalue weighted by Gasteiger charge is -2.16. The number of nitrogens with one attached hydrogen (secondary N) is 2. The van der Waals surface area contributed by atoms with Gasteiger partial charge in [-0.3, -0.25) is 9.59 Å². The van der Waals surface area contributed by atoms with E-state index in [1.54, 1.807) is 40.9 Å². The summed E-state index contributed by atoms with van der Waals surface area (Å²) in [6, 6.07) is 1.28. The van der Waals surface area contributed by atoms with Gasteiger partial charge in [-0.2, -0.15) is 16.9 Å². The lowest BCUT2D eigenvalue weighted by atomic mass is 10.2. The first-order chi connectivity index (χ1) is 10.6. The molecule has 0 fully saturated rings. The number of rotatable bonds is 7. The van der Waals surface area contributed by atoms with E-state index in [9.17, 15) is 9.59 Å². The Morgan fingerprint density at radius 2 is 2.27 bits per heavy atom. The van der Waals surface area contributed by atoms with Gasteiger partial charge >= 0.3 is 0 Å². The maximum atomic E-state index is 12.2. The highest BCUT2D eigenvalue weighted by Crippen LogP contribution is 2.07. The highest BCUT2D eigenvalue weighted by molar-refractivity contribution is 7.98. The van der Waals surface area contributed by atoms with Gasteiger partial charge in [0, 0.05) is 31.4 Å². The third-order valence-corrected chi connectivity index (χ3v) is 3.75. The zero-order valence-electron chi connectivity index (χ0n) is 12.6. The number of thioether (sulfide) groups is 1. The minimum Gasteiger partial charge on any atom is -0.350 e. The molecule has 0 aliphatic carbocycles. The predicted molar refractivity (Wildman–Crippen MR) is 85.4 cm³/mol. The molecular formula is C14H19N5O2S. The molecule has 0 aromatic carbocycles. The summed E-state index contributed by atoms with van der Waals surface area (Å²) >= 11 is 1.64. The van der Waals surface area contributed by atoms with Crippen LogP contribution in [0.15, 0.2) is 24.7 Å². The molecule has 118 valence electrons. The molecule has 0 unspecified atom stereocenters. The van der Waals surface area contributed by atoms with E-state index >= 15 is 0 Å². The summed E-state index contributed by atoms with van der Waals surface area (Å²) in [5.74, 6) is 0.398. The van der Waals surface area contributed by atoms with Crippen LogP contribution in [0.4, 0.5) is 0 Å². The Morgan fingerprint density at radius 1 is 1.45 bits per heavy atom. The second-order valence-electron chi connectivity index (χ2n) is 4.81. The normalized spacial score (nSPS) is 12.1. The standard InChI is InChI=1S/C14H19N5O2S/c1-10(20)18-12(4-7-22-2)14(21)16-8-11-9-17-19-6-3-5-15-13(11)19/h3,5-6,9,12H,4,7-8H2,1-2H3,(H,16,21)(H,18,20)/t12-/m0/s1. The Labute approximate surface area is 132 Å². The van der Waals surface area contributed by atoms with Crippen molar-refractivity contribution < 1.29 is 9.59 Å². The lowest BCUT2D eigenvalue weighted by Crippen LogP contribution is -2.46. The second-order valence-corrected chi connectivity index (χ2v) is 5.80. The van der Waals surface area contributed by atoms with E-state index in [4.69, 9.17) is 0 Å². The van der Waals surface area contributed by atoms with Gasteiger partial charge in [0.1, 0.15) is 6.04 Å². The van der Waals surface area contributed by atoms with Gasteiger partial charge in [0.2, 0.25) is 11.8 Å². The molecule has 0 saturated carbocycles. The zero-order chi connectivity index (χ0) is 15.9. The Balaban J connectivity index is 1.98. The summed E-state index contributed by atoms with van der Waals surface area (Å²) in [4.78, 5) is 27.7. The van der Waals surface area contributed by atoms with Crippen molar-refractivity contribution in [2.24, 2.45) is 0 Å². The van der Waals surface area contributed by atoms with Crippen LogP contribution in [0.5, 0.6) is 0 Å². The molecule has 1 atom stereocenters. The minimum absolute atomic E-state index is 0.195. The topological polar surface area (TPSA) is 88.4 Å². The molecule has 0 bridgehead atoms. The van der Waals surface area contributed by atoms with E-state index in [0.29, 0.717) is 18.6 Å². The molecule has 0 radical (unpaired) electrons. The molecule has 2 amide bonds. The molecule has 2 aromatic heterocycles. The highest BCUT2D eigenvalue weighted by Gasteiger charge is 2.19. The van der Waals surface area contributed by atoms with E-state index in [1.807, 2.05) is 6.26 Å². The van der Waals surface area contributed by atoms with E-state index in [0.717, 1.165) is 11.3 Å². The van der Waals surface area contributed by atoms with Crippen LogP contribution in [0.3, 0.4) is 0 Å². The number of fused-ring (bicyclic) bond motifs is 1. The van der Waals surface area contributed by atoms with E-state index in [-0.39, 0.29) is 11.8 Å². The summed E-state index contributed by atoms with van der Waals surface area (Å²) in [6.45, 7) is 1.74. The van der Waals surface area contributed by atoms with Gasteiger partial charge in [0.15, 0.2) is 5.65 Å². The number of amides is 2. The molecule has 0 aliphatic rings. The van der Waals surface area contributed by atoms with E-state index in [2.05, 4.69) is 20.7 Å². The quantitative estimate of drug-likeness (QED) is 0.780. The molecule has 8 heteroatoms. The number of carbonyl (C=O) groups is 2. The summed E-state index contributed by atoms with van der Waals surface area (Å²) in [6.07, 6.45) is 7.72. The summed E-state index contributed by atoms with van der Waals surface area (Å²) < 4.78 is 1.65. The van der Waals surface area contributed by atoms with E-state index < -0.39 is 6.04 Å². The van der Waals surface area contributed by atoms with Crippen LogP contribution in [0.2, 0.25) is 0 Å². The zero-order valence-corrected chi connectivity index (χ0v) is 13.4. The van der Waals surface area contributed by atoms with Crippen LogP contribution in [-0.4, -0.2) is 44.5 Å². The average Bonchev–Trinajstić information content (AvgIpc) is 2.92. The van der Waals surface area contributed by atoms with Gasteiger partial charge < -0.3 is 10.6 Å². The average molecular weight is 321 g/mol. The molecule has 0 aliphatic heterocycles. The predicted octanol–water partition coefficient (Wildman–Crippen LogP) is 0.603. The van der Waals surface area contributed by atoms with Crippen molar-refractivity contribution in [1.82, 2.24) is 25.2 Å². The molecule has 2 heterocycles. The summed E-state index contributed by atoms with van der Waals surface area (Å²) in [5.41, 5.74) is 1.54. The molecule has 22 heavy (non-hydrogen) atoms. The first kappa shape index (κ1) is 16.3.